The Bertz CT molecular complexity index is 854. The second-order valence-corrected chi connectivity index (χ2v) is 9.35. The molecule has 39 heavy (non-hydrogen) atoms. The van der Waals surface area contributed by atoms with Crippen LogP contribution in [-0.2, 0) is 25.7 Å². The maximum absolute atomic E-state index is 5.60. The molecule has 0 atom stereocenters. The van der Waals surface area contributed by atoms with E-state index in [0.717, 1.165) is 74.9 Å². The molecule has 0 heterocycles. The molecule has 0 aromatic heterocycles. The van der Waals surface area contributed by atoms with Crippen molar-refractivity contribution in [3.63, 3.8) is 0 Å². The lowest BCUT2D eigenvalue weighted by Crippen LogP contribution is -2.19. The molecule has 0 saturated carbocycles. The summed E-state index contributed by atoms with van der Waals surface area (Å²) in [6.07, 6.45) is 10.3. The maximum Gasteiger partial charge on any atom is 0.164 e. The van der Waals surface area contributed by atoms with Gasteiger partial charge in [-0.2, -0.15) is 0 Å². The van der Waals surface area contributed by atoms with Gasteiger partial charge in [0.2, 0.25) is 0 Å². The summed E-state index contributed by atoms with van der Waals surface area (Å²) in [6, 6.07) is 8.38. The molecule has 0 saturated heterocycles. The second-order valence-electron chi connectivity index (χ2n) is 9.35. The molecular weight excluding hydrogens is 535 g/mol. The summed E-state index contributed by atoms with van der Waals surface area (Å²) in [7, 11) is 6.83. The van der Waals surface area contributed by atoms with Crippen molar-refractivity contribution in [3.05, 3.63) is 46.5 Å². The Morgan fingerprint density at radius 3 is 1.23 bits per heavy atom. The van der Waals surface area contributed by atoms with Crippen molar-refractivity contribution >= 4 is 24.8 Å². The van der Waals surface area contributed by atoms with Crippen LogP contribution in [0.4, 0.5) is 0 Å². The molecule has 2 rings (SSSR count). The lowest BCUT2D eigenvalue weighted by Gasteiger charge is -2.16. The van der Waals surface area contributed by atoms with E-state index in [1.54, 1.807) is 28.4 Å². The van der Waals surface area contributed by atoms with Crippen molar-refractivity contribution in [2.24, 2.45) is 0 Å². The molecule has 0 aliphatic heterocycles. The van der Waals surface area contributed by atoms with E-state index >= 15 is 0 Å². The highest BCUT2D eigenvalue weighted by Gasteiger charge is 2.14. The van der Waals surface area contributed by atoms with Crippen molar-refractivity contribution < 1.29 is 18.9 Å². The monoisotopic (exact) mass is 586 g/mol. The molecule has 0 amide bonds. The van der Waals surface area contributed by atoms with Crippen LogP contribution in [-0.4, -0.2) is 54.6 Å². The zero-order valence-corrected chi connectivity index (χ0v) is 26.6. The Labute approximate surface area is 249 Å². The number of nitrogens with one attached hydrogen (secondary N) is 2. The number of unbranched alkanes of at least 4 members (excludes halogenated alkanes) is 4. The normalized spacial score (nSPS) is 10.4. The summed E-state index contributed by atoms with van der Waals surface area (Å²) < 4.78 is 22.1. The van der Waals surface area contributed by atoms with Gasteiger partial charge in [-0.3, -0.25) is 0 Å². The molecule has 6 nitrogen and oxygen atoms in total. The number of rotatable bonds is 20. The molecule has 2 N–H and O–H groups in total. The first kappa shape index (κ1) is 37.1. The molecule has 0 unspecified atom stereocenters. The van der Waals surface area contributed by atoms with Gasteiger partial charge in [-0.15, -0.1) is 24.8 Å². The Balaban J connectivity index is 0.00000722. The van der Waals surface area contributed by atoms with Crippen molar-refractivity contribution in [3.8, 4) is 23.0 Å². The fourth-order valence-electron chi connectivity index (χ4n) is 5.03. The largest absolute Gasteiger partial charge is 0.493 e. The number of hydrogen-bond acceptors (Lipinski definition) is 6. The number of benzene rings is 2. The van der Waals surface area contributed by atoms with Crippen LogP contribution in [0.2, 0.25) is 0 Å². The van der Waals surface area contributed by atoms with Crippen molar-refractivity contribution in [2.45, 2.75) is 71.6 Å². The highest BCUT2D eigenvalue weighted by Crippen LogP contribution is 2.35. The van der Waals surface area contributed by atoms with Crippen LogP contribution < -0.4 is 29.6 Å². The minimum atomic E-state index is 0. The Morgan fingerprint density at radius 2 is 0.897 bits per heavy atom. The first-order valence-electron chi connectivity index (χ1n) is 14.0. The summed E-state index contributed by atoms with van der Waals surface area (Å²) in [6.45, 7) is 8.49. The minimum absolute atomic E-state index is 0. The number of ether oxygens (including phenoxy) is 4. The lowest BCUT2D eigenvalue weighted by molar-refractivity contribution is 0.351. The summed E-state index contributed by atoms with van der Waals surface area (Å²) >= 11 is 0. The van der Waals surface area contributed by atoms with Crippen molar-refractivity contribution in [1.29, 1.82) is 0 Å². The summed E-state index contributed by atoms with van der Waals surface area (Å²) in [4.78, 5) is 0. The molecule has 2 aromatic rings. The predicted octanol–water partition coefficient (Wildman–Crippen LogP) is 6.60. The third-order valence-electron chi connectivity index (χ3n) is 7.05. The molecule has 224 valence electrons. The molecule has 0 aliphatic rings. The SMILES string of the molecule is CCc1c(CCNCCCCCCCNCCc2ccc(OC)c(OC)c2CC)ccc(OC)c1OC.Cl.Cl. The molecular formula is C31H52Cl2N2O4. The lowest BCUT2D eigenvalue weighted by atomic mass is 10.0. The fraction of sp³-hybridized carbons (Fsp3) is 0.613. The van der Waals surface area contributed by atoms with Crippen LogP contribution in [0, 0.1) is 0 Å². The van der Waals surface area contributed by atoms with E-state index in [1.807, 2.05) is 12.1 Å². The molecule has 8 heteroatoms. The molecule has 0 fully saturated rings. The van der Waals surface area contributed by atoms with Gasteiger partial charge in [0.1, 0.15) is 0 Å². The van der Waals surface area contributed by atoms with Crippen LogP contribution in [0.3, 0.4) is 0 Å². The third-order valence-corrected chi connectivity index (χ3v) is 7.05. The van der Waals surface area contributed by atoms with Gasteiger partial charge in [-0.25, -0.2) is 0 Å². The Kier molecular flexibility index (Phi) is 20.9. The maximum atomic E-state index is 5.60. The highest BCUT2D eigenvalue weighted by molar-refractivity contribution is 5.85. The average Bonchev–Trinajstić information content (AvgIpc) is 2.94. The van der Waals surface area contributed by atoms with E-state index in [0.29, 0.717) is 0 Å². The van der Waals surface area contributed by atoms with Crippen molar-refractivity contribution in [2.75, 3.05) is 54.6 Å². The van der Waals surface area contributed by atoms with E-state index in [9.17, 15) is 0 Å². The van der Waals surface area contributed by atoms with E-state index in [1.165, 1.54) is 54.4 Å². The minimum Gasteiger partial charge on any atom is -0.493 e. The van der Waals surface area contributed by atoms with E-state index < -0.39 is 0 Å². The van der Waals surface area contributed by atoms with E-state index in [4.69, 9.17) is 18.9 Å². The zero-order chi connectivity index (χ0) is 26.9. The first-order chi connectivity index (χ1) is 18.1. The quantitative estimate of drug-likeness (QED) is 0.170. The van der Waals surface area contributed by atoms with Crippen LogP contribution >= 0.6 is 24.8 Å². The Hall–Kier alpha value is -1.86. The number of halogens is 2. The highest BCUT2D eigenvalue weighted by atomic mass is 35.5. The second kappa shape index (κ2) is 21.9. The van der Waals surface area contributed by atoms with Gasteiger partial charge in [0, 0.05) is 11.1 Å². The molecule has 2 aromatic carbocycles. The van der Waals surface area contributed by atoms with E-state index in [2.05, 4.69) is 36.6 Å². The third kappa shape index (κ3) is 11.6. The van der Waals surface area contributed by atoms with Crippen LogP contribution in [0.25, 0.3) is 0 Å². The predicted molar refractivity (Wildman–Crippen MR) is 169 cm³/mol. The summed E-state index contributed by atoms with van der Waals surface area (Å²) in [5.41, 5.74) is 5.20. The standard InChI is InChI=1S/C31H50N2O4.2ClH/c1-7-26-24(14-16-28(34-3)30(26)36-5)18-22-32-20-12-10-9-11-13-21-33-23-19-25-15-17-29(35-4)31(37-6)27(25)8-2;;/h14-17,32-33H,7-13,18-23H2,1-6H3;2*1H. The van der Waals surface area contributed by atoms with Gasteiger partial charge in [0.25, 0.3) is 0 Å². The van der Waals surface area contributed by atoms with Crippen LogP contribution in [0.15, 0.2) is 24.3 Å². The molecule has 0 aliphatic carbocycles. The van der Waals surface area contributed by atoms with Gasteiger partial charge in [-0.1, -0.05) is 45.2 Å². The van der Waals surface area contributed by atoms with Gasteiger partial charge in [0.15, 0.2) is 23.0 Å². The number of hydrogen-bond donors (Lipinski definition) is 2. The van der Waals surface area contributed by atoms with Gasteiger partial charge >= 0.3 is 0 Å². The van der Waals surface area contributed by atoms with Crippen molar-refractivity contribution in [1.82, 2.24) is 10.6 Å². The van der Waals surface area contributed by atoms with Gasteiger partial charge in [-0.05, 0) is 88.0 Å². The van der Waals surface area contributed by atoms with Gasteiger partial charge in [0.05, 0.1) is 28.4 Å². The zero-order valence-electron chi connectivity index (χ0n) is 25.0. The Morgan fingerprint density at radius 1 is 0.513 bits per heavy atom. The average molecular weight is 588 g/mol. The van der Waals surface area contributed by atoms with E-state index in [-0.39, 0.29) is 24.8 Å². The first-order valence-corrected chi connectivity index (χ1v) is 14.0. The number of methoxy groups -OCH3 is 4. The smallest absolute Gasteiger partial charge is 0.164 e. The topological polar surface area (TPSA) is 61.0 Å². The van der Waals surface area contributed by atoms with Crippen LogP contribution in [0.1, 0.15) is 68.2 Å². The molecule has 0 radical (unpaired) electrons. The summed E-state index contributed by atoms with van der Waals surface area (Å²) in [5, 5.41) is 7.22. The molecule has 0 bridgehead atoms. The van der Waals surface area contributed by atoms with Gasteiger partial charge < -0.3 is 29.6 Å². The summed E-state index contributed by atoms with van der Waals surface area (Å²) in [5.74, 6) is 3.39. The fourth-order valence-corrected chi connectivity index (χ4v) is 5.03. The van der Waals surface area contributed by atoms with Crippen LogP contribution in [0.5, 0.6) is 23.0 Å². The molecule has 0 spiro atoms.